The normalized spacial score (nSPS) is 14.3. The minimum atomic E-state index is -0.0418. The summed E-state index contributed by atoms with van der Waals surface area (Å²) in [6.45, 7) is 5.30. The van der Waals surface area contributed by atoms with Crippen LogP contribution in [-0.4, -0.2) is 17.9 Å². The molecule has 0 bridgehead atoms. The third-order valence-corrected chi connectivity index (χ3v) is 3.19. The Bertz CT molecular complexity index is 475. The van der Waals surface area contributed by atoms with Gasteiger partial charge in [0.2, 0.25) is 11.8 Å². The molecule has 102 valence electrons. The largest absolute Gasteiger partial charge is 0.326 e. The maximum Gasteiger partial charge on any atom is 0.226 e. The standard InChI is InChI=1S/C15H20N2O2/c1-10(2)15(19)16-12-4-6-13(7-5-12)17(11(3)18)14-8-9-14/h4-7,10,14H,8-9H2,1-3H3,(H,16,19). The first-order valence-corrected chi connectivity index (χ1v) is 6.69. The van der Waals surface area contributed by atoms with Gasteiger partial charge in [-0.05, 0) is 37.1 Å². The first-order valence-electron chi connectivity index (χ1n) is 6.69. The van der Waals surface area contributed by atoms with Crippen LogP contribution in [0, 0.1) is 5.92 Å². The zero-order valence-corrected chi connectivity index (χ0v) is 11.6. The molecule has 1 aromatic carbocycles. The lowest BCUT2D eigenvalue weighted by Gasteiger charge is -2.21. The van der Waals surface area contributed by atoms with E-state index in [4.69, 9.17) is 0 Å². The second-order valence-corrected chi connectivity index (χ2v) is 5.31. The molecule has 0 saturated heterocycles. The number of amides is 2. The summed E-state index contributed by atoms with van der Waals surface area (Å²) in [5, 5.41) is 2.84. The molecule has 0 aromatic heterocycles. The fraction of sp³-hybridized carbons (Fsp3) is 0.467. The zero-order valence-electron chi connectivity index (χ0n) is 11.6. The Labute approximate surface area is 113 Å². The summed E-state index contributed by atoms with van der Waals surface area (Å²) < 4.78 is 0. The molecule has 1 aliphatic carbocycles. The smallest absolute Gasteiger partial charge is 0.226 e. The minimum Gasteiger partial charge on any atom is -0.326 e. The van der Waals surface area contributed by atoms with Crippen molar-refractivity contribution in [2.75, 3.05) is 10.2 Å². The SMILES string of the molecule is CC(=O)N(c1ccc(NC(=O)C(C)C)cc1)C1CC1. The predicted molar refractivity (Wildman–Crippen MR) is 76.1 cm³/mol. The molecule has 0 radical (unpaired) electrons. The molecule has 1 aliphatic rings. The summed E-state index contributed by atoms with van der Waals surface area (Å²) >= 11 is 0. The van der Waals surface area contributed by atoms with Gasteiger partial charge in [-0.15, -0.1) is 0 Å². The number of carbonyl (C=O) groups excluding carboxylic acids is 2. The molecule has 19 heavy (non-hydrogen) atoms. The van der Waals surface area contributed by atoms with Gasteiger partial charge in [-0.1, -0.05) is 13.8 Å². The number of benzene rings is 1. The van der Waals surface area contributed by atoms with Crippen molar-refractivity contribution in [1.29, 1.82) is 0 Å². The molecule has 0 heterocycles. The molecular weight excluding hydrogens is 240 g/mol. The Morgan fingerprint density at radius 2 is 1.79 bits per heavy atom. The van der Waals surface area contributed by atoms with Crippen LogP contribution in [0.25, 0.3) is 0 Å². The van der Waals surface area contributed by atoms with Crippen LogP contribution in [0.2, 0.25) is 0 Å². The Balaban J connectivity index is 2.09. The minimum absolute atomic E-state index is 0.00151. The van der Waals surface area contributed by atoms with Gasteiger partial charge in [0.05, 0.1) is 0 Å². The molecule has 2 rings (SSSR count). The van der Waals surface area contributed by atoms with Crippen molar-refractivity contribution in [2.45, 2.75) is 39.7 Å². The Hall–Kier alpha value is -1.84. The van der Waals surface area contributed by atoms with Crippen LogP contribution < -0.4 is 10.2 Å². The summed E-state index contributed by atoms with van der Waals surface area (Å²) in [5.74, 6) is 0.0275. The molecule has 0 unspecified atom stereocenters. The quantitative estimate of drug-likeness (QED) is 0.905. The van der Waals surface area contributed by atoms with E-state index < -0.39 is 0 Å². The van der Waals surface area contributed by atoms with E-state index in [0.29, 0.717) is 6.04 Å². The third kappa shape index (κ3) is 3.34. The maximum absolute atomic E-state index is 11.6. The predicted octanol–water partition coefficient (Wildman–Crippen LogP) is 2.80. The molecule has 1 N–H and O–H groups in total. The Morgan fingerprint density at radius 1 is 1.21 bits per heavy atom. The Kier molecular flexibility index (Phi) is 3.88. The maximum atomic E-state index is 11.6. The first kappa shape index (κ1) is 13.6. The highest BCUT2D eigenvalue weighted by atomic mass is 16.2. The lowest BCUT2D eigenvalue weighted by molar-refractivity contribution is -0.119. The van der Waals surface area contributed by atoms with Crippen molar-refractivity contribution in [2.24, 2.45) is 5.92 Å². The van der Waals surface area contributed by atoms with E-state index in [0.717, 1.165) is 24.2 Å². The number of anilines is 2. The second kappa shape index (κ2) is 5.43. The van der Waals surface area contributed by atoms with Crippen LogP contribution in [0.15, 0.2) is 24.3 Å². The molecule has 0 aliphatic heterocycles. The van der Waals surface area contributed by atoms with Crippen molar-refractivity contribution in [3.05, 3.63) is 24.3 Å². The number of carbonyl (C=O) groups is 2. The first-order chi connectivity index (χ1) is 8.99. The van der Waals surface area contributed by atoms with Gasteiger partial charge in [0.15, 0.2) is 0 Å². The highest BCUT2D eigenvalue weighted by Gasteiger charge is 2.31. The second-order valence-electron chi connectivity index (χ2n) is 5.31. The van der Waals surface area contributed by atoms with E-state index in [1.807, 2.05) is 43.0 Å². The van der Waals surface area contributed by atoms with Gasteiger partial charge in [0.25, 0.3) is 0 Å². The van der Waals surface area contributed by atoms with Gasteiger partial charge in [-0.25, -0.2) is 0 Å². The van der Waals surface area contributed by atoms with Gasteiger partial charge >= 0.3 is 0 Å². The van der Waals surface area contributed by atoms with Gasteiger partial charge in [0, 0.05) is 30.3 Å². The van der Waals surface area contributed by atoms with Crippen LogP contribution in [0.3, 0.4) is 0 Å². The fourth-order valence-electron chi connectivity index (χ4n) is 1.97. The van der Waals surface area contributed by atoms with E-state index in [2.05, 4.69) is 5.32 Å². The van der Waals surface area contributed by atoms with E-state index >= 15 is 0 Å². The van der Waals surface area contributed by atoms with Gasteiger partial charge in [0.1, 0.15) is 0 Å². The highest BCUT2D eigenvalue weighted by molar-refractivity contribution is 5.94. The van der Waals surface area contributed by atoms with E-state index in [9.17, 15) is 9.59 Å². The number of nitrogens with zero attached hydrogens (tertiary/aromatic N) is 1. The van der Waals surface area contributed by atoms with Crippen LogP contribution in [0.1, 0.15) is 33.6 Å². The van der Waals surface area contributed by atoms with Crippen LogP contribution in [0.4, 0.5) is 11.4 Å². The van der Waals surface area contributed by atoms with Crippen molar-refractivity contribution < 1.29 is 9.59 Å². The van der Waals surface area contributed by atoms with Crippen LogP contribution in [0.5, 0.6) is 0 Å². The molecule has 4 heteroatoms. The number of hydrogen-bond acceptors (Lipinski definition) is 2. The topological polar surface area (TPSA) is 49.4 Å². The van der Waals surface area contributed by atoms with Crippen LogP contribution >= 0.6 is 0 Å². The third-order valence-electron chi connectivity index (χ3n) is 3.19. The van der Waals surface area contributed by atoms with Crippen molar-refractivity contribution in [1.82, 2.24) is 0 Å². The number of rotatable bonds is 4. The van der Waals surface area contributed by atoms with Crippen LogP contribution in [-0.2, 0) is 9.59 Å². The summed E-state index contributed by atoms with van der Waals surface area (Å²) in [4.78, 5) is 25.0. The van der Waals surface area contributed by atoms with Crippen molar-refractivity contribution in [3.8, 4) is 0 Å². The summed E-state index contributed by atoms with van der Waals surface area (Å²) in [6, 6.07) is 7.81. The van der Waals surface area contributed by atoms with E-state index in [1.54, 1.807) is 6.92 Å². The Morgan fingerprint density at radius 3 is 2.21 bits per heavy atom. The fourth-order valence-corrected chi connectivity index (χ4v) is 1.97. The van der Waals surface area contributed by atoms with Crippen molar-refractivity contribution in [3.63, 3.8) is 0 Å². The lowest BCUT2D eigenvalue weighted by atomic mass is 10.2. The molecule has 1 saturated carbocycles. The zero-order chi connectivity index (χ0) is 14.0. The average molecular weight is 260 g/mol. The summed E-state index contributed by atoms with van der Waals surface area (Å²) in [5.41, 5.74) is 1.67. The van der Waals surface area contributed by atoms with Gasteiger partial charge in [-0.3, -0.25) is 9.59 Å². The molecule has 1 aromatic rings. The highest BCUT2D eigenvalue weighted by Crippen LogP contribution is 2.32. The molecule has 0 atom stereocenters. The van der Waals surface area contributed by atoms with Gasteiger partial charge in [-0.2, -0.15) is 0 Å². The lowest BCUT2D eigenvalue weighted by Crippen LogP contribution is -2.30. The monoisotopic (exact) mass is 260 g/mol. The van der Waals surface area contributed by atoms with Crippen molar-refractivity contribution >= 4 is 23.2 Å². The molecule has 0 spiro atoms. The summed E-state index contributed by atoms with van der Waals surface area (Å²) in [7, 11) is 0. The number of nitrogens with one attached hydrogen (secondary N) is 1. The number of hydrogen-bond donors (Lipinski definition) is 1. The molecular formula is C15H20N2O2. The van der Waals surface area contributed by atoms with E-state index in [-0.39, 0.29) is 17.7 Å². The molecule has 2 amide bonds. The van der Waals surface area contributed by atoms with Gasteiger partial charge < -0.3 is 10.2 Å². The molecule has 1 fully saturated rings. The van der Waals surface area contributed by atoms with E-state index in [1.165, 1.54) is 0 Å². The molecule has 4 nitrogen and oxygen atoms in total. The average Bonchev–Trinajstić information content (AvgIpc) is 3.15. The summed E-state index contributed by atoms with van der Waals surface area (Å²) in [6.07, 6.45) is 2.15.